The fourth-order valence-electron chi connectivity index (χ4n) is 2.56. The summed E-state index contributed by atoms with van der Waals surface area (Å²) in [6.07, 6.45) is 5.57. The van der Waals surface area contributed by atoms with E-state index in [1.807, 2.05) is 0 Å². The van der Waals surface area contributed by atoms with Gasteiger partial charge in [-0.05, 0) is 50.2 Å². The fraction of sp³-hybridized carbons (Fsp3) is 0.625. The molecule has 0 heterocycles. The number of rotatable bonds is 6. The van der Waals surface area contributed by atoms with Gasteiger partial charge in [0.25, 0.3) is 0 Å². The van der Waals surface area contributed by atoms with Gasteiger partial charge in [-0.1, -0.05) is 17.7 Å². The van der Waals surface area contributed by atoms with Crippen molar-refractivity contribution in [3.05, 3.63) is 29.3 Å². The van der Waals surface area contributed by atoms with Crippen LogP contribution in [0, 0.1) is 12.8 Å². The summed E-state index contributed by atoms with van der Waals surface area (Å²) in [5, 5.41) is 3.64. The molecule has 0 bridgehead atoms. The molecule has 1 aromatic rings. The molecule has 3 rings (SSSR count). The molecule has 0 saturated heterocycles. The number of nitrogens with one attached hydrogen (secondary N) is 1. The van der Waals surface area contributed by atoms with Crippen molar-refractivity contribution >= 4 is 5.69 Å². The molecule has 2 aliphatic rings. The number of hydrogen-bond donors (Lipinski definition) is 1. The van der Waals surface area contributed by atoms with E-state index in [0.717, 1.165) is 18.5 Å². The first-order valence-electron chi connectivity index (χ1n) is 7.26. The van der Waals surface area contributed by atoms with E-state index >= 15 is 0 Å². The van der Waals surface area contributed by atoms with Crippen molar-refractivity contribution in [2.45, 2.75) is 45.2 Å². The predicted molar refractivity (Wildman–Crippen MR) is 77.0 cm³/mol. The summed E-state index contributed by atoms with van der Waals surface area (Å²) >= 11 is 0. The highest BCUT2D eigenvalue weighted by molar-refractivity contribution is 5.54. The van der Waals surface area contributed by atoms with Gasteiger partial charge in [0, 0.05) is 31.9 Å². The summed E-state index contributed by atoms with van der Waals surface area (Å²) in [7, 11) is 2.24. The van der Waals surface area contributed by atoms with Gasteiger partial charge in [-0.25, -0.2) is 0 Å². The van der Waals surface area contributed by atoms with Crippen molar-refractivity contribution in [2.24, 2.45) is 5.92 Å². The Morgan fingerprint density at radius 3 is 2.67 bits per heavy atom. The zero-order valence-corrected chi connectivity index (χ0v) is 11.6. The second kappa shape index (κ2) is 4.93. The predicted octanol–water partition coefficient (Wildman–Crippen LogP) is 3.09. The van der Waals surface area contributed by atoms with Gasteiger partial charge in [-0.15, -0.1) is 0 Å². The molecule has 2 heteroatoms. The summed E-state index contributed by atoms with van der Waals surface area (Å²) in [5.41, 5.74) is 4.25. The Labute approximate surface area is 110 Å². The molecular weight excluding hydrogens is 220 g/mol. The zero-order chi connectivity index (χ0) is 12.5. The molecular formula is C16H24N2. The lowest BCUT2D eigenvalue weighted by Crippen LogP contribution is -2.23. The van der Waals surface area contributed by atoms with Crippen LogP contribution < -0.4 is 10.2 Å². The molecule has 18 heavy (non-hydrogen) atoms. The molecule has 2 fully saturated rings. The highest BCUT2D eigenvalue weighted by atomic mass is 15.1. The lowest BCUT2D eigenvalue weighted by molar-refractivity contribution is 0.683. The van der Waals surface area contributed by atoms with Gasteiger partial charge in [0.15, 0.2) is 0 Å². The normalized spacial score (nSPS) is 19.0. The van der Waals surface area contributed by atoms with Gasteiger partial charge < -0.3 is 10.2 Å². The van der Waals surface area contributed by atoms with Crippen LogP contribution in [0.25, 0.3) is 0 Å². The summed E-state index contributed by atoms with van der Waals surface area (Å²) < 4.78 is 0. The quantitative estimate of drug-likeness (QED) is 0.827. The smallest absolute Gasteiger partial charge is 0.0409 e. The van der Waals surface area contributed by atoms with Gasteiger partial charge in [0.1, 0.15) is 0 Å². The van der Waals surface area contributed by atoms with Crippen LogP contribution >= 0.6 is 0 Å². The molecule has 1 N–H and O–H groups in total. The summed E-state index contributed by atoms with van der Waals surface area (Å²) in [6, 6.07) is 7.65. The third-order valence-corrected chi connectivity index (χ3v) is 4.03. The molecule has 0 unspecified atom stereocenters. The van der Waals surface area contributed by atoms with E-state index in [0.29, 0.717) is 0 Å². The van der Waals surface area contributed by atoms with Gasteiger partial charge >= 0.3 is 0 Å². The molecule has 0 aromatic heterocycles. The van der Waals surface area contributed by atoms with Crippen LogP contribution in [0.3, 0.4) is 0 Å². The zero-order valence-electron chi connectivity index (χ0n) is 11.6. The van der Waals surface area contributed by atoms with Crippen molar-refractivity contribution in [3.8, 4) is 0 Å². The van der Waals surface area contributed by atoms with Crippen molar-refractivity contribution < 1.29 is 0 Å². The Hall–Kier alpha value is -1.02. The first-order valence-corrected chi connectivity index (χ1v) is 7.26. The number of hydrogen-bond acceptors (Lipinski definition) is 2. The summed E-state index contributed by atoms with van der Waals surface area (Å²) in [6.45, 7) is 4.43. The Morgan fingerprint density at radius 1 is 1.22 bits per heavy atom. The van der Waals surface area contributed by atoms with E-state index in [4.69, 9.17) is 0 Å². The third kappa shape index (κ3) is 3.05. The van der Waals surface area contributed by atoms with Crippen LogP contribution in [-0.4, -0.2) is 19.6 Å². The number of nitrogens with zero attached hydrogens (tertiary/aromatic N) is 1. The minimum absolute atomic E-state index is 0.784. The molecule has 0 amide bonds. The standard InChI is InChI=1S/C16H24N2/c1-12-3-8-16(18(2)11-13-4-5-13)14(9-12)10-17-15-6-7-15/h3,8-9,13,15,17H,4-7,10-11H2,1-2H3. The highest BCUT2D eigenvalue weighted by Crippen LogP contribution is 2.32. The first kappa shape index (κ1) is 12.0. The molecule has 0 atom stereocenters. The van der Waals surface area contributed by atoms with Crippen LogP contribution in [0.2, 0.25) is 0 Å². The average molecular weight is 244 g/mol. The van der Waals surface area contributed by atoms with E-state index in [-0.39, 0.29) is 0 Å². The molecule has 0 aliphatic heterocycles. The van der Waals surface area contributed by atoms with Crippen molar-refractivity contribution in [3.63, 3.8) is 0 Å². The van der Waals surface area contributed by atoms with E-state index < -0.39 is 0 Å². The van der Waals surface area contributed by atoms with E-state index in [1.54, 1.807) is 0 Å². The average Bonchev–Trinajstić information content (AvgIpc) is 3.21. The van der Waals surface area contributed by atoms with Gasteiger partial charge in [0.05, 0.1) is 0 Å². The molecule has 2 nitrogen and oxygen atoms in total. The van der Waals surface area contributed by atoms with Crippen LogP contribution in [0.15, 0.2) is 18.2 Å². The molecule has 0 spiro atoms. The minimum atomic E-state index is 0.784. The van der Waals surface area contributed by atoms with E-state index in [1.165, 1.54) is 49.0 Å². The Morgan fingerprint density at radius 2 is 2.00 bits per heavy atom. The number of anilines is 1. The van der Waals surface area contributed by atoms with Crippen molar-refractivity contribution in [1.29, 1.82) is 0 Å². The Balaban J connectivity index is 1.72. The Kier molecular flexibility index (Phi) is 3.29. The fourth-order valence-corrected chi connectivity index (χ4v) is 2.56. The first-order chi connectivity index (χ1) is 8.72. The molecule has 2 aliphatic carbocycles. The van der Waals surface area contributed by atoms with Gasteiger partial charge in [0.2, 0.25) is 0 Å². The summed E-state index contributed by atoms with van der Waals surface area (Å²) in [4.78, 5) is 2.45. The maximum Gasteiger partial charge on any atom is 0.0409 e. The molecule has 0 radical (unpaired) electrons. The molecule has 1 aromatic carbocycles. The third-order valence-electron chi connectivity index (χ3n) is 4.03. The van der Waals surface area contributed by atoms with Crippen molar-refractivity contribution in [2.75, 3.05) is 18.5 Å². The van der Waals surface area contributed by atoms with Gasteiger partial charge in [-0.3, -0.25) is 0 Å². The SMILES string of the molecule is Cc1ccc(N(C)CC2CC2)c(CNC2CC2)c1. The summed E-state index contributed by atoms with van der Waals surface area (Å²) in [5.74, 6) is 0.945. The molecule has 2 saturated carbocycles. The van der Waals surface area contributed by atoms with Gasteiger partial charge in [-0.2, -0.15) is 0 Å². The second-order valence-electron chi connectivity index (χ2n) is 6.11. The molecule has 98 valence electrons. The van der Waals surface area contributed by atoms with Crippen molar-refractivity contribution in [1.82, 2.24) is 5.32 Å². The van der Waals surface area contributed by atoms with Crippen LogP contribution in [0.1, 0.15) is 36.8 Å². The topological polar surface area (TPSA) is 15.3 Å². The Bertz CT molecular complexity index is 419. The minimum Gasteiger partial charge on any atom is -0.374 e. The van der Waals surface area contributed by atoms with E-state index in [2.05, 4.69) is 42.4 Å². The van der Waals surface area contributed by atoms with Crippen LogP contribution in [0.4, 0.5) is 5.69 Å². The van der Waals surface area contributed by atoms with Crippen LogP contribution in [0.5, 0.6) is 0 Å². The highest BCUT2D eigenvalue weighted by Gasteiger charge is 2.24. The monoisotopic (exact) mass is 244 g/mol. The second-order valence-corrected chi connectivity index (χ2v) is 6.11. The lowest BCUT2D eigenvalue weighted by Gasteiger charge is -2.23. The maximum atomic E-state index is 3.64. The van der Waals surface area contributed by atoms with E-state index in [9.17, 15) is 0 Å². The number of aryl methyl sites for hydroxylation is 1. The maximum absolute atomic E-state index is 3.64. The van der Waals surface area contributed by atoms with Crippen LogP contribution in [-0.2, 0) is 6.54 Å². The largest absolute Gasteiger partial charge is 0.374 e. The lowest BCUT2D eigenvalue weighted by atomic mass is 10.1. The number of benzene rings is 1.